The van der Waals surface area contributed by atoms with Gasteiger partial charge in [-0.3, -0.25) is 0 Å². The van der Waals surface area contributed by atoms with E-state index in [1.807, 2.05) is 58.9 Å². The van der Waals surface area contributed by atoms with Crippen LogP contribution in [-0.2, 0) is 4.74 Å². The van der Waals surface area contributed by atoms with E-state index in [9.17, 15) is 4.79 Å². The number of aromatic amines is 1. The van der Waals surface area contributed by atoms with E-state index in [0.29, 0.717) is 5.56 Å². The first-order chi connectivity index (χ1) is 10.2. The number of carbonyl (C=O) groups excluding carboxylic acids is 1. The molecular weight excluding hydrogens is 278 g/mol. The average Bonchev–Trinajstić information content (AvgIpc) is 2.71. The summed E-state index contributed by atoms with van der Waals surface area (Å²) in [4.78, 5) is 15.8. The van der Waals surface area contributed by atoms with E-state index in [1.165, 1.54) is 0 Å². The van der Waals surface area contributed by atoms with Crippen LogP contribution in [0.1, 0.15) is 42.5 Å². The van der Waals surface area contributed by atoms with Crippen molar-refractivity contribution in [2.24, 2.45) is 0 Å². The van der Waals surface area contributed by atoms with Gasteiger partial charge in [0, 0.05) is 17.0 Å². The van der Waals surface area contributed by atoms with Crippen LogP contribution in [0.25, 0.3) is 11.1 Å². The first-order valence-corrected chi connectivity index (χ1v) is 7.30. The molecule has 0 bridgehead atoms. The number of aromatic nitrogens is 1. The molecule has 0 amide bonds. The van der Waals surface area contributed by atoms with Crippen LogP contribution in [0.4, 0.5) is 0 Å². The maximum atomic E-state index is 12.5. The summed E-state index contributed by atoms with van der Waals surface area (Å²) in [5.74, 6) is 0.479. The van der Waals surface area contributed by atoms with Crippen molar-refractivity contribution < 1.29 is 14.3 Å². The van der Waals surface area contributed by atoms with Crippen molar-refractivity contribution >= 4 is 5.97 Å². The van der Waals surface area contributed by atoms with E-state index in [1.54, 1.807) is 7.11 Å². The van der Waals surface area contributed by atoms with Crippen LogP contribution in [0.5, 0.6) is 5.75 Å². The summed E-state index contributed by atoms with van der Waals surface area (Å²) in [6.07, 6.45) is 0. The highest BCUT2D eigenvalue weighted by molar-refractivity contribution is 5.99. The van der Waals surface area contributed by atoms with E-state index in [0.717, 1.165) is 28.3 Å². The molecule has 0 fully saturated rings. The van der Waals surface area contributed by atoms with Gasteiger partial charge in [0.2, 0.25) is 0 Å². The van der Waals surface area contributed by atoms with Gasteiger partial charge in [0.25, 0.3) is 0 Å². The molecule has 0 atom stereocenters. The Morgan fingerprint density at radius 2 is 1.64 bits per heavy atom. The molecule has 2 rings (SSSR count). The molecule has 4 heteroatoms. The Morgan fingerprint density at radius 1 is 1.05 bits per heavy atom. The Hall–Kier alpha value is -2.23. The Balaban J connectivity index is 2.49. The third-order valence-electron chi connectivity index (χ3n) is 3.36. The van der Waals surface area contributed by atoms with Gasteiger partial charge in [-0.2, -0.15) is 0 Å². The Labute approximate surface area is 131 Å². The Kier molecular flexibility index (Phi) is 4.31. The van der Waals surface area contributed by atoms with E-state index < -0.39 is 5.60 Å². The molecule has 4 nitrogen and oxygen atoms in total. The third kappa shape index (κ3) is 3.32. The summed E-state index contributed by atoms with van der Waals surface area (Å²) in [5, 5.41) is 0. The fraction of sp³-hybridized carbons (Fsp3) is 0.389. The average molecular weight is 301 g/mol. The molecule has 118 valence electrons. The molecule has 0 aliphatic heterocycles. The van der Waals surface area contributed by atoms with Crippen molar-refractivity contribution in [2.45, 2.75) is 40.2 Å². The number of hydrogen-bond acceptors (Lipinski definition) is 3. The lowest BCUT2D eigenvalue weighted by Gasteiger charge is -2.20. The lowest BCUT2D eigenvalue weighted by Crippen LogP contribution is -2.24. The fourth-order valence-corrected chi connectivity index (χ4v) is 2.48. The SMILES string of the molecule is COc1ccc(-c2c(C)[nH]c(C)c2C(=O)OC(C)(C)C)cc1. The zero-order valence-electron chi connectivity index (χ0n) is 14.0. The van der Waals surface area contributed by atoms with E-state index in [2.05, 4.69) is 4.98 Å². The normalized spacial score (nSPS) is 11.4. The largest absolute Gasteiger partial charge is 0.497 e. The quantitative estimate of drug-likeness (QED) is 0.862. The minimum atomic E-state index is -0.522. The van der Waals surface area contributed by atoms with Crippen LogP contribution >= 0.6 is 0 Å². The van der Waals surface area contributed by atoms with Crippen LogP contribution in [0.2, 0.25) is 0 Å². The van der Waals surface area contributed by atoms with Gasteiger partial charge < -0.3 is 14.5 Å². The number of benzene rings is 1. The zero-order chi connectivity index (χ0) is 16.5. The molecule has 0 saturated heterocycles. The van der Waals surface area contributed by atoms with Crippen molar-refractivity contribution in [3.8, 4) is 16.9 Å². The summed E-state index contributed by atoms with van der Waals surface area (Å²) < 4.78 is 10.7. The van der Waals surface area contributed by atoms with Crippen molar-refractivity contribution in [1.29, 1.82) is 0 Å². The molecule has 1 heterocycles. The smallest absolute Gasteiger partial charge is 0.341 e. The van der Waals surface area contributed by atoms with Crippen LogP contribution in [0.15, 0.2) is 24.3 Å². The number of rotatable bonds is 3. The molecule has 1 N–H and O–H groups in total. The number of nitrogens with one attached hydrogen (secondary N) is 1. The molecule has 0 unspecified atom stereocenters. The number of methoxy groups -OCH3 is 1. The van der Waals surface area contributed by atoms with Crippen LogP contribution in [-0.4, -0.2) is 23.7 Å². The first kappa shape index (κ1) is 16.1. The summed E-state index contributed by atoms with van der Waals surface area (Å²) >= 11 is 0. The molecule has 0 saturated carbocycles. The van der Waals surface area contributed by atoms with Gasteiger partial charge in [0.1, 0.15) is 11.4 Å². The Morgan fingerprint density at radius 3 is 2.14 bits per heavy atom. The molecule has 1 aromatic carbocycles. The number of ether oxygens (including phenoxy) is 2. The second-order valence-corrected chi connectivity index (χ2v) is 6.36. The van der Waals surface area contributed by atoms with Gasteiger partial charge in [-0.15, -0.1) is 0 Å². The maximum absolute atomic E-state index is 12.5. The van der Waals surface area contributed by atoms with Crippen molar-refractivity contribution in [2.75, 3.05) is 7.11 Å². The molecule has 2 aromatic rings. The third-order valence-corrected chi connectivity index (χ3v) is 3.36. The van der Waals surface area contributed by atoms with Crippen LogP contribution in [0.3, 0.4) is 0 Å². The second-order valence-electron chi connectivity index (χ2n) is 6.36. The number of carbonyl (C=O) groups is 1. The first-order valence-electron chi connectivity index (χ1n) is 7.30. The highest BCUT2D eigenvalue weighted by Crippen LogP contribution is 2.32. The van der Waals surface area contributed by atoms with Gasteiger partial charge in [-0.1, -0.05) is 12.1 Å². The lowest BCUT2D eigenvalue weighted by molar-refractivity contribution is 0.00698. The Bertz CT molecular complexity index is 676. The summed E-state index contributed by atoms with van der Waals surface area (Å²) in [6, 6.07) is 7.66. The van der Waals surface area contributed by atoms with Crippen molar-refractivity contribution in [1.82, 2.24) is 4.98 Å². The highest BCUT2D eigenvalue weighted by Gasteiger charge is 2.25. The second kappa shape index (κ2) is 5.87. The molecule has 0 aliphatic rings. The summed E-state index contributed by atoms with van der Waals surface area (Å²) in [6.45, 7) is 9.45. The number of hydrogen-bond donors (Lipinski definition) is 1. The monoisotopic (exact) mass is 301 g/mol. The van der Waals surface area contributed by atoms with Gasteiger partial charge in [0.15, 0.2) is 0 Å². The van der Waals surface area contributed by atoms with Crippen molar-refractivity contribution in [3.63, 3.8) is 0 Å². The molecule has 0 aliphatic carbocycles. The molecule has 1 aromatic heterocycles. The lowest BCUT2D eigenvalue weighted by atomic mass is 10.00. The number of esters is 1. The van der Waals surface area contributed by atoms with E-state index in [4.69, 9.17) is 9.47 Å². The van der Waals surface area contributed by atoms with E-state index >= 15 is 0 Å². The molecular formula is C18H23NO3. The van der Waals surface area contributed by atoms with Gasteiger partial charge in [-0.05, 0) is 52.3 Å². The molecule has 0 radical (unpaired) electrons. The zero-order valence-corrected chi connectivity index (χ0v) is 14.0. The predicted octanol–water partition coefficient (Wildman–Crippen LogP) is 4.26. The van der Waals surface area contributed by atoms with Gasteiger partial charge in [-0.25, -0.2) is 4.79 Å². The minimum absolute atomic E-state index is 0.305. The van der Waals surface area contributed by atoms with Gasteiger partial charge in [0.05, 0.1) is 12.7 Å². The minimum Gasteiger partial charge on any atom is -0.497 e. The fourth-order valence-electron chi connectivity index (χ4n) is 2.48. The summed E-state index contributed by atoms with van der Waals surface area (Å²) in [7, 11) is 1.63. The highest BCUT2D eigenvalue weighted by atomic mass is 16.6. The topological polar surface area (TPSA) is 51.3 Å². The summed E-state index contributed by atoms with van der Waals surface area (Å²) in [5.41, 5.74) is 3.68. The molecule has 0 spiro atoms. The van der Waals surface area contributed by atoms with Crippen LogP contribution in [0, 0.1) is 13.8 Å². The van der Waals surface area contributed by atoms with Crippen LogP contribution < -0.4 is 4.74 Å². The molecule has 22 heavy (non-hydrogen) atoms. The van der Waals surface area contributed by atoms with E-state index in [-0.39, 0.29) is 5.97 Å². The predicted molar refractivity (Wildman–Crippen MR) is 87.4 cm³/mol. The number of H-pyrrole nitrogens is 1. The van der Waals surface area contributed by atoms with Crippen molar-refractivity contribution in [3.05, 3.63) is 41.2 Å². The van der Waals surface area contributed by atoms with Gasteiger partial charge >= 0.3 is 5.97 Å². The maximum Gasteiger partial charge on any atom is 0.341 e. The number of aryl methyl sites for hydroxylation is 2. The standard InChI is InChI=1S/C18H23NO3/c1-11-15(13-7-9-14(21-6)10-8-13)16(12(2)19-11)17(20)22-18(3,4)5/h7-10,19H,1-6H3.